The maximum atomic E-state index is 2.96. The van der Waals surface area contributed by atoms with Gasteiger partial charge in [-0.15, -0.1) is 35.7 Å². The van der Waals surface area contributed by atoms with Crippen molar-refractivity contribution in [2.75, 3.05) is 12.3 Å². The van der Waals surface area contributed by atoms with Crippen LogP contribution in [0.3, 0.4) is 0 Å². The molecule has 0 saturated carbocycles. The molecule has 0 radical (unpaired) electrons. The number of rotatable bonds is 9. The minimum atomic E-state index is 0.317. The Bertz CT molecular complexity index is 134. The number of hydrogen-bond donors (Lipinski definition) is 0. The lowest BCUT2D eigenvalue weighted by molar-refractivity contribution is 0.778. The van der Waals surface area contributed by atoms with Crippen molar-refractivity contribution < 1.29 is 0 Å². The van der Waals surface area contributed by atoms with Crippen LogP contribution in [-0.2, 0) is 0 Å². The van der Waals surface area contributed by atoms with Crippen LogP contribution in [-0.4, -0.2) is 12.3 Å². The summed E-state index contributed by atoms with van der Waals surface area (Å²) in [6, 6.07) is 0. The fourth-order valence-electron chi connectivity index (χ4n) is 0.990. The highest BCUT2D eigenvalue weighted by Gasteiger charge is 1.95. The van der Waals surface area contributed by atoms with Crippen LogP contribution in [0.1, 0.15) is 46.0 Å². The molecule has 0 aromatic carbocycles. The summed E-state index contributed by atoms with van der Waals surface area (Å²) in [7, 11) is 14.4. The quantitative estimate of drug-likeness (QED) is 0.289. The number of hydrogen-bond acceptors (Lipinski definition) is 0. The zero-order valence-corrected chi connectivity index (χ0v) is 19.6. The van der Waals surface area contributed by atoms with E-state index in [0.29, 0.717) is 14.6 Å². The Hall–Kier alpha value is 3.44. The molecule has 0 aliphatic carbocycles. The van der Waals surface area contributed by atoms with Crippen molar-refractivity contribution in [2.24, 2.45) is 0 Å². The van der Waals surface area contributed by atoms with Gasteiger partial charge < -0.3 is 0 Å². The Morgan fingerprint density at radius 1 is 0.765 bits per heavy atom. The lowest BCUT2D eigenvalue weighted by Gasteiger charge is -2.06. The predicted octanol–water partition coefficient (Wildman–Crippen LogP) is 7.27. The molecule has 0 aromatic heterocycles. The predicted molar refractivity (Wildman–Crippen MR) is 113 cm³/mol. The highest BCUT2D eigenvalue weighted by Crippen LogP contribution is 2.66. The average Bonchev–Trinajstić information content (AvgIpc) is 2.36. The molecule has 0 nitrogen and oxygen atoms in total. The van der Waals surface area contributed by atoms with Gasteiger partial charge in [0.15, 0.2) is 0 Å². The third-order valence-electron chi connectivity index (χ3n) is 2.09. The van der Waals surface area contributed by atoms with Gasteiger partial charge in [0.2, 0.25) is 0 Å². The Morgan fingerprint density at radius 3 is 1.53 bits per heavy atom. The normalized spacial score (nSPS) is 15.2. The van der Waals surface area contributed by atoms with Gasteiger partial charge in [0.05, 0.1) is 0 Å². The maximum Gasteiger partial charge on any atom is -0.0252 e. The van der Waals surface area contributed by atoms with Crippen molar-refractivity contribution in [3.63, 3.8) is 0 Å². The van der Waals surface area contributed by atoms with Gasteiger partial charge in [0.1, 0.15) is 0 Å². The highest BCUT2D eigenvalue weighted by atomic mass is 32.6. The Balaban J connectivity index is 0. The summed E-state index contributed by atoms with van der Waals surface area (Å²) in [5.74, 6) is 0. The van der Waals surface area contributed by atoms with E-state index < -0.39 is 0 Å². The molecule has 106 valence electrons. The lowest BCUT2D eigenvalue weighted by atomic mass is 10.3. The molecule has 0 heterocycles. The topological polar surface area (TPSA) is 0 Å². The monoisotopic (exact) mass is 386 g/mol. The van der Waals surface area contributed by atoms with Gasteiger partial charge in [-0.25, -0.2) is 0 Å². The molecule has 8 heteroatoms. The van der Waals surface area contributed by atoms with Gasteiger partial charge in [-0.05, 0) is 25.2 Å². The maximum absolute atomic E-state index is 2.96. The van der Waals surface area contributed by atoms with Crippen molar-refractivity contribution in [3.05, 3.63) is 0 Å². The van der Waals surface area contributed by atoms with Crippen LogP contribution < -0.4 is 0 Å². The first-order valence-corrected chi connectivity index (χ1v) is 19.7. The fourth-order valence-corrected chi connectivity index (χ4v) is 7.61. The van der Waals surface area contributed by atoms with Crippen LogP contribution in [0.4, 0.5) is 0 Å². The molecule has 17 heavy (non-hydrogen) atoms. The zero-order chi connectivity index (χ0) is 13.5. The summed E-state index contributed by atoms with van der Waals surface area (Å²) in [6.45, 7) is 4.51. The average molecular weight is 386 g/mol. The van der Waals surface area contributed by atoms with Crippen LogP contribution in [0, 0.1) is 0 Å². The van der Waals surface area contributed by atoms with Gasteiger partial charge in [0.25, 0.3) is 0 Å². The molecule has 0 aliphatic rings. The standard InChI is InChI=1S/C5H16P4.C4H14P4/c1-2-3-4-5-9(7)8-6;1-2-3-4-8(6)7-5/h8H,2-7H2,1H3;7H,2-6H2,1H3. The van der Waals surface area contributed by atoms with E-state index in [1.807, 2.05) is 0 Å². The molecule has 0 N–H and O–H groups in total. The molecule has 0 rings (SSSR count). The highest BCUT2D eigenvalue weighted by molar-refractivity contribution is 8.61. The first-order chi connectivity index (χ1) is 8.12. The fraction of sp³-hybridized carbons (Fsp3) is 1.00. The smallest absolute Gasteiger partial charge is 0.0252 e. The molecule has 8 unspecified atom stereocenters. The van der Waals surface area contributed by atoms with Crippen molar-refractivity contribution >= 4 is 66.2 Å². The summed E-state index contributed by atoms with van der Waals surface area (Å²) in [5.41, 5.74) is 0. The van der Waals surface area contributed by atoms with Crippen LogP contribution in [0.25, 0.3) is 0 Å². The zero-order valence-electron chi connectivity index (χ0n) is 11.2. The first-order valence-electron chi connectivity index (χ1n) is 6.09. The molecule has 0 saturated heterocycles. The second-order valence-electron chi connectivity index (χ2n) is 3.71. The van der Waals surface area contributed by atoms with Crippen molar-refractivity contribution in [1.82, 2.24) is 0 Å². The van der Waals surface area contributed by atoms with Gasteiger partial charge in [-0.3, -0.25) is 0 Å². The second-order valence-corrected chi connectivity index (χ2v) is 23.5. The van der Waals surface area contributed by atoms with Crippen molar-refractivity contribution in [2.45, 2.75) is 46.0 Å². The van der Waals surface area contributed by atoms with Gasteiger partial charge >= 0.3 is 0 Å². The third kappa shape index (κ3) is 21.9. The van der Waals surface area contributed by atoms with Crippen LogP contribution >= 0.6 is 66.2 Å². The van der Waals surface area contributed by atoms with Crippen LogP contribution in [0.15, 0.2) is 0 Å². The molecule has 8 atom stereocenters. The van der Waals surface area contributed by atoms with Crippen molar-refractivity contribution in [3.8, 4) is 0 Å². The Morgan fingerprint density at radius 2 is 1.18 bits per heavy atom. The molecule has 0 fully saturated rings. The summed E-state index contributed by atoms with van der Waals surface area (Å²) < 4.78 is 0. The summed E-state index contributed by atoms with van der Waals surface area (Å²) in [6.07, 6.45) is 9.87. The van der Waals surface area contributed by atoms with E-state index in [-0.39, 0.29) is 0 Å². The van der Waals surface area contributed by atoms with E-state index in [9.17, 15) is 0 Å². The third-order valence-corrected chi connectivity index (χ3v) is 23.2. The van der Waals surface area contributed by atoms with E-state index >= 15 is 0 Å². The lowest BCUT2D eigenvalue weighted by Crippen LogP contribution is -1.74. The minimum Gasteiger partial charge on any atom is -0.110 e. The minimum absolute atomic E-state index is 0.317. The Labute approximate surface area is 124 Å². The van der Waals surface area contributed by atoms with E-state index in [0.717, 1.165) is 15.9 Å². The Kier molecular flexibility index (Phi) is 26.0. The van der Waals surface area contributed by atoms with E-state index in [4.69, 9.17) is 0 Å². The van der Waals surface area contributed by atoms with Crippen LogP contribution in [0.2, 0.25) is 0 Å². The molecule has 0 amide bonds. The van der Waals surface area contributed by atoms with Gasteiger partial charge in [-0.1, -0.05) is 63.6 Å². The largest absolute Gasteiger partial charge is 0.110 e. The second kappa shape index (κ2) is 19.4. The molecular weight excluding hydrogens is 356 g/mol. The molecule has 0 bridgehead atoms. The van der Waals surface area contributed by atoms with Gasteiger partial charge in [-0.2, -0.15) is 0 Å². The first kappa shape index (κ1) is 22.7. The van der Waals surface area contributed by atoms with E-state index in [2.05, 4.69) is 49.6 Å². The summed E-state index contributed by atoms with van der Waals surface area (Å²) >= 11 is 0. The molecule has 0 aliphatic heterocycles. The van der Waals surface area contributed by atoms with Crippen LogP contribution in [0.5, 0.6) is 0 Å². The number of unbranched alkanes of at least 4 members (excludes halogenated alkanes) is 3. The molecule has 0 aromatic rings. The molecule has 0 spiro atoms. The summed E-state index contributed by atoms with van der Waals surface area (Å²) in [4.78, 5) is 0. The summed E-state index contributed by atoms with van der Waals surface area (Å²) in [5, 5.41) is 0. The van der Waals surface area contributed by atoms with E-state index in [1.54, 1.807) is 0 Å². The molecular formula is C9H30P8. The van der Waals surface area contributed by atoms with E-state index in [1.165, 1.54) is 44.4 Å². The van der Waals surface area contributed by atoms with Crippen molar-refractivity contribution in [1.29, 1.82) is 0 Å². The SMILES string of the molecule is CCCCCP(P)PP.CCCCP(P)PP. The van der Waals surface area contributed by atoms with Gasteiger partial charge in [0, 0.05) is 0 Å².